The monoisotopic (exact) mass is 551 g/mol. The normalized spacial score (nSPS) is 16.2. The van der Waals surface area contributed by atoms with Crippen LogP contribution in [-0.4, -0.2) is 50.5 Å². The number of H-pyrrole nitrogens is 1. The van der Waals surface area contributed by atoms with Gasteiger partial charge in [-0.2, -0.15) is 13.2 Å². The largest absolute Gasteiger partial charge is 0.455 e. The van der Waals surface area contributed by atoms with Gasteiger partial charge in [-0.1, -0.05) is 11.6 Å². The first-order valence-electron chi connectivity index (χ1n) is 11.7. The van der Waals surface area contributed by atoms with Crippen LogP contribution in [0.4, 0.5) is 33.9 Å². The Morgan fingerprint density at radius 2 is 2.11 bits per heavy atom. The molecule has 1 fully saturated rings. The average Bonchev–Trinajstić information content (AvgIpc) is 3.46. The second-order valence-electron chi connectivity index (χ2n) is 9.01. The number of nitrogens with one attached hydrogen (secondary N) is 3. The van der Waals surface area contributed by atoms with Gasteiger partial charge < -0.3 is 24.9 Å². The van der Waals surface area contributed by atoms with Gasteiger partial charge >= 0.3 is 12.2 Å². The summed E-state index contributed by atoms with van der Waals surface area (Å²) in [5, 5.41) is 6.41. The van der Waals surface area contributed by atoms with E-state index in [4.69, 9.17) is 16.0 Å². The molecule has 2 amide bonds. The maximum absolute atomic E-state index is 14.5. The van der Waals surface area contributed by atoms with Crippen molar-refractivity contribution in [3.05, 3.63) is 53.1 Å². The number of rotatable bonds is 5. The Labute approximate surface area is 218 Å². The van der Waals surface area contributed by atoms with Crippen LogP contribution in [0.25, 0.3) is 22.4 Å². The lowest BCUT2D eigenvalue weighted by Crippen LogP contribution is -2.44. The Hall–Kier alpha value is -3.87. The Kier molecular flexibility index (Phi) is 6.86. The summed E-state index contributed by atoms with van der Waals surface area (Å²) in [6, 6.07) is 2.18. The maximum atomic E-state index is 14.5. The van der Waals surface area contributed by atoms with Crippen molar-refractivity contribution in [2.45, 2.75) is 25.9 Å². The first kappa shape index (κ1) is 25.8. The molecule has 0 aromatic carbocycles. The van der Waals surface area contributed by atoms with Crippen LogP contribution >= 0.6 is 11.6 Å². The summed E-state index contributed by atoms with van der Waals surface area (Å²) in [7, 11) is 0. The highest BCUT2D eigenvalue weighted by Gasteiger charge is 2.39. The molecule has 5 heterocycles. The van der Waals surface area contributed by atoms with Crippen molar-refractivity contribution in [1.29, 1.82) is 0 Å². The number of halogens is 5. The van der Waals surface area contributed by atoms with Gasteiger partial charge in [0.1, 0.15) is 11.4 Å². The topological polar surface area (TPSA) is 112 Å². The van der Waals surface area contributed by atoms with Crippen molar-refractivity contribution < 1.29 is 26.8 Å². The number of pyridine rings is 1. The minimum Gasteiger partial charge on any atom is -0.455 e. The zero-order valence-corrected chi connectivity index (χ0v) is 20.8. The number of carbonyl (C=O) groups is 1. The number of fused-ring (bicyclic) bond motifs is 1. The number of aryl methyl sites for hydroxylation is 1. The number of likely N-dealkylation sites (tertiary alicyclic amines) is 1. The van der Waals surface area contributed by atoms with Gasteiger partial charge in [-0.3, -0.25) is 0 Å². The lowest BCUT2D eigenvalue weighted by atomic mass is 9.98. The number of aromatic nitrogens is 4. The van der Waals surface area contributed by atoms with Gasteiger partial charge in [0.25, 0.3) is 0 Å². The van der Waals surface area contributed by atoms with Crippen LogP contribution in [0.2, 0.25) is 5.02 Å². The van der Waals surface area contributed by atoms with Crippen LogP contribution in [0.15, 0.2) is 35.1 Å². The first-order valence-corrected chi connectivity index (χ1v) is 12.1. The third-order valence-corrected chi connectivity index (χ3v) is 6.41. The highest BCUT2D eigenvalue weighted by molar-refractivity contribution is 6.31. The molecule has 4 aromatic heterocycles. The summed E-state index contributed by atoms with van der Waals surface area (Å²) in [5.41, 5.74) is 0.760. The Morgan fingerprint density at radius 1 is 1.29 bits per heavy atom. The van der Waals surface area contributed by atoms with E-state index < -0.39 is 29.5 Å². The number of urea groups is 1. The van der Waals surface area contributed by atoms with Gasteiger partial charge in [0.05, 0.1) is 16.9 Å². The number of nitrogens with zero attached hydrogens (tertiary/aromatic N) is 4. The van der Waals surface area contributed by atoms with Crippen molar-refractivity contribution >= 4 is 40.2 Å². The van der Waals surface area contributed by atoms with E-state index in [0.717, 1.165) is 18.7 Å². The number of piperidine rings is 1. The molecule has 1 atom stereocenters. The van der Waals surface area contributed by atoms with Gasteiger partial charge in [-0.05, 0) is 31.7 Å². The minimum absolute atomic E-state index is 0.00963. The SMILES string of the molecule is Cc1cc(NC(=O)N2CCCC(CNc3nc(-c4c[nH]c5ncc(Cl)cc45)ncc3F)C2)c(C(F)(F)F)o1. The van der Waals surface area contributed by atoms with Crippen molar-refractivity contribution in [3.63, 3.8) is 0 Å². The Morgan fingerprint density at radius 3 is 2.89 bits per heavy atom. The molecule has 1 unspecified atom stereocenters. The molecule has 4 aromatic rings. The quantitative estimate of drug-likeness (QED) is 0.259. The molecule has 9 nitrogen and oxygen atoms in total. The van der Waals surface area contributed by atoms with E-state index in [-0.39, 0.29) is 36.4 Å². The Bertz CT molecular complexity index is 1490. The summed E-state index contributed by atoms with van der Waals surface area (Å²) in [4.78, 5) is 29.8. The van der Waals surface area contributed by atoms with Crippen LogP contribution in [0.1, 0.15) is 24.4 Å². The van der Waals surface area contributed by atoms with Gasteiger partial charge in [0, 0.05) is 49.0 Å². The maximum Gasteiger partial charge on any atom is 0.451 e. The third kappa shape index (κ3) is 5.37. The van der Waals surface area contributed by atoms with Gasteiger partial charge in [-0.25, -0.2) is 24.1 Å². The molecule has 1 aliphatic heterocycles. The fourth-order valence-corrected chi connectivity index (χ4v) is 4.61. The molecule has 1 aliphatic rings. The average molecular weight is 552 g/mol. The molecule has 0 saturated carbocycles. The first-order chi connectivity index (χ1) is 18.1. The fraction of sp³-hybridized carbons (Fsp3) is 0.333. The Balaban J connectivity index is 1.25. The van der Waals surface area contributed by atoms with Crippen molar-refractivity contribution in [1.82, 2.24) is 24.8 Å². The van der Waals surface area contributed by atoms with Gasteiger partial charge in [-0.15, -0.1) is 0 Å². The number of alkyl halides is 3. The summed E-state index contributed by atoms with van der Waals surface area (Å²) in [5.74, 6) is -1.69. The lowest BCUT2D eigenvalue weighted by Gasteiger charge is -2.33. The van der Waals surface area contributed by atoms with E-state index in [0.29, 0.717) is 34.6 Å². The van der Waals surface area contributed by atoms with E-state index in [1.54, 1.807) is 12.3 Å². The van der Waals surface area contributed by atoms with Crippen molar-refractivity contribution in [2.75, 3.05) is 30.3 Å². The number of furan rings is 1. The number of hydrogen-bond acceptors (Lipinski definition) is 6. The van der Waals surface area contributed by atoms with E-state index in [1.807, 2.05) is 0 Å². The van der Waals surface area contributed by atoms with Crippen molar-refractivity contribution in [2.24, 2.45) is 5.92 Å². The summed E-state index contributed by atoms with van der Waals surface area (Å²) in [6.07, 6.45) is 0.864. The fourth-order valence-electron chi connectivity index (χ4n) is 4.45. The molecule has 200 valence electrons. The summed E-state index contributed by atoms with van der Waals surface area (Å²) in [6.45, 7) is 2.31. The minimum atomic E-state index is -4.73. The zero-order valence-electron chi connectivity index (χ0n) is 20.0. The predicted molar refractivity (Wildman–Crippen MR) is 132 cm³/mol. The number of carbonyl (C=O) groups excluding carboxylic acids is 1. The summed E-state index contributed by atoms with van der Waals surface area (Å²) < 4.78 is 58.9. The molecular formula is C24H22ClF4N7O2. The van der Waals surface area contributed by atoms with Gasteiger partial charge in [0.15, 0.2) is 17.5 Å². The molecule has 0 spiro atoms. The molecule has 0 aliphatic carbocycles. The van der Waals surface area contributed by atoms with Crippen LogP contribution in [0, 0.1) is 18.7 Å². The lowest BCUT2D eigenvalue weighted by molar-refractivity contribution is -0.152. The van der Waals surface area contributed by atoms with Crippen molar-refractivity contribution in [3.8, 4) is 11.4 Å². The standard InChI is InChI=1S/C24H22ClF4N7O2/c1-12-5-18(19(38-12)24(27,28)29)34-23(37)36-4-2-3-13(11-36)7-30-22-17(26)10-33-21(35-22)16-9-32-20-15(16)6-14(25)8-31-20/h5-6,8-10,13H,2-4,7,11H2,1H3,(H,31,32)(H,34,37)(H,30,33,35). The number of amides is 2. The highest BCUT2D eigenvalue weighted by Crippen LogP contribution is 2.37. The molecule has 1 saturated heterocycles. The molecule has 0 bridgehead atoms. The highest BCUT2D eigenvalue weighted by atomic mass is 35.5. The number of aromatic amines is 1. The number of hydrogen-bond donors (Lipinski definition) is 3. The second kappa shape index (κ2) is 10.1. The second-order valence-corrected chi connectivity index (χ2v) is 9.44. The molecule has 3 N–H and O–H groups in total. The molecule has 5 rings (SSSR count). The smallest absolute Gasteiger partial charge is 0.451 e. The van der Waals surface area contributed by atoms with Gasteiger partial charge in [0.2, 0.25) is 5.76 Å². The molecule has 14 heteroatoms. The molecular weight excluding hydrogens is 530 g/mol. The van der Waals surface area contributed by atoms with Crippen LogP contribution in [0.5, 0.6) is 0 Å². The summed E-state index contributed by atoms with van der Waals surface area (Å²) >= 11 is 6.06. The number of anilines is 2. The molecule has 0 radical (unpaired) electrons. The van der Waals surface area contributed by atoms with Crippen LogP contribution < -0.4 is 10.6 Å². The third-order valence-electron chi connectivity index (χ3n) is 6.20. The molecule has 38 heavy (non-hydrogen) atoms. The zero-order chi connectivity index (χ0) is 27.0. The van der Waals surface area contributed by atoms with E-state index >= 15 is 0 Å². The predicted octanol–water partition coefficient (Wildman–Crippen LogP) is 6.09. The van der Waals surface area contributed by atoms with E-state index in [9.17, 15) is 22.4 Å². The van der Waals surface area contributed by atoms with Crippen LogP contribution in [0.3, 0.4) is 0 Å². The van der Waals surface area contributed by atoms with E-state index in [1.165, 1.54) is 18.0 Å². The van der Waals surface area contributed by atoms with E-state index in [2.05, 4.69) is 30.6 Å². The van der Waals surface area contributed by atoms with Crippen LogP contribution in [-0.2, 0) is 6.18 Å².